The first-order chi connectivity index (χ1) is 15.9. The van der Waals surface area contributed by atoms with Crippen molar-refractivity contribution in [3.8, 4) is 22.1 Å². The van der Waals surface area contributed by atoms with Gasteiger partial charge in [0.1, 0.15) is 12.4 Å². The minimum atomic E-state index is -0.699. The fourth-order valence-corrected chi connectivity index (χ4v) is 3.59. The van der Waals surface area contributed by atoms with Gasteiger partial charge in [-0.25, -0.2) is 4.39 Å². The van der Waals surface area contributed by atoms with Crippen molar-refractivity contribution in [3.63, 3.8) is 0 Å². The molecule has 0 aliphatic rings. The number of benzene rings is 1. The SMILES string of the molecule is COCCOCCOc1nnc(NC(=O)c2cnc(C)cc2-c2c(OC)ccc(Cl)c2F)s1. The van der Waals surface area contributed by atoms with Gasteiger partial charge >= 0.3 is 0 Å². The van der Waals surface area contributed by atoms with E-state index in [2.05, 4.69) is 20.5 Å². The molecule has 0 fully saturated rings. The van der Waals surface area contributed by atoms with Crippen molar-refractivity contribution in [1.29, 1.82) is 0 Å². The Kier molecular flexibility index (Phi) is 8.89. The molecule has 176 valence electrons. The number of halogens is 2. The van der Waals surface area contributed by atoms with Gasteiger partial charge in [0.05, 0.1) is 43.1 Å². The molecule has 9 nitrogen and oxygen atoms in total. The Morgan fingerprint density at radius 1 is 1.18 bits per heavy atom. The molecule has 3 aromatic rings. The number of nitrogens with one attached hydrogen (secondary N) is 1. The van der Waals surface area contributed by atoms with E-state index in [0.717, 1.165) is 11.3 Å². The summed E-state index contributed by atoms with van der Waals surface area (Å²) in [5.41, 5.74) is 1.05. The fraction of sp³-hybridized carbons (Fsp3) is 0.333. The van der Waals surface area contributed by atoms with E-state index in [1.807, 2.05) is 0 Å². The van der Waals surface area contributed by atoms with Crippen LogP contribution < -0.4 is 14.8 Å². The van der Waals surface area contributed by atoms with Crippen LogP contribution in [0.1, 0.15) is 16.1 Å². The predicted molar refractivity (Wildman–Crippen MR) is 122 cm³/mol. The van der Waals surface area contributed by atoms with E-state index in [1.54, 1.807) is 20.1 Å². The quantitative estimate of drug-likeness (QED) is 0.397. The van der Waals surface area contributed by atoms with E-state index < -0.39 is 11.7 Å². The third-order valence-electron chi connectivity index (χ3n) is 4.34. The number of ether oxygens (including phenoxy) is 4. The van der Waals surface area contributed by atoms with E-state index in [-0.39, 0.29) is 44.4 Å². The topological polar surface area (TPSA) is 105 Å². The highest BCUT2D eigenvalue weighted by Gasteiger charge is 2.23. The molecule has 0 aliphatic carbocycles. The lowest BCUT2D eigenvalue weighted by Gasteiger charge is -2.14. The van der Waals surface area contributed by atoms with Crippen molar-refractivity contribution in [2.24, 2.45) is 0 Å². The monoisotopic (exact) mass is 496 g/mol. The van der Waals surface area contributed by atoms with Gasteiger partial charge in [0, 0.05) is 24.6 Å². The number of aryl methyl sites for hydroxylation is 1. The fourth-order valence-electron chi connectivity index (χ4n) is 2.82. The highest BCUT2D eigenvalue weighted by atomic mass is 35.5. The molecule has 2 heterocycles. The molecule has 2 aromatic heterocycles. The van der Waals surface area contributed by atoms with E-state index in [4.69, 9.17) is 30.5 Å². The van der Waals surface area contributed by atoms with Crippen molar-refractivity contribution in [2.75, 3.05) is 46.0 Å². The van der Waals surface area contributed by atoms with Crippen molar-refractivity contribution >= 4 is 34.0 Å². The van der Waals surface area contributed by atoms with Crippen molar-refractivity contribution in [1.82, 2.24) is 15.2 Å². The van der Waals surface area contributed by atoms with Crippen molar-refractivity contribution in [3.05, 3.63) is 46.5 Å². The zero-order valence-corrected chi connectivity index (χ0v) is 19.8. The standard InChI is InChI=1S/C21H22ClFN4O5S/c1-12-10-13(17-16(30-3)5-4-15(22)18(17)23)14(11-24-12)19(28)25-20-26-27-21(33-20)32-9-8-31-7-6-29-2/h4-5,10-11H,6-9H2,1-3H3,(H,25,26,28). The van der Waals surface area contributed by atoms with Crippen LogP contribution in [0.3, 0.4) is 0 Å². The minimum Gasteiger partial charge on any atom is -0.496 e. The van der Waals surface area contributed by atoms with Gasteiger partial charge < -0.3 is 18.9 Å². The van der Waals surface area contributed by atoms with E-state index in [9.17, 15) is 9.18 Å². The molecular weight excluding hydrogens is 475 g/mol. The normalized spacial score (nSPS) is 10.8. The first-order valence-corrected chi connectivity index (χ1v) is 11.0. The van der Waals surface area contributed by atoms with Crippen LogP contribution in [0.5, 0.6) is 10.9 Å². The summed E-state index contributed by atoms with van der Waals surface area (Å²) in [4.78, 5) is 17.2. The number of amides is 1. The molecular formula is C21H22ClFN4O5S. The average molecular weight is 497 g/mol. The zero-order valence-electron chi connectivity index (χ0n) is 18.2. The van der Waals surface area contributed by atoms with Crippen LogP contribution in [0, 0.1) is 12.7 Å². The summed E-state index contributed by atoms with van der Waals surface area (Å²) in [6.07, 6.45) is 1.36. The Balaban J connectivity index is 1.76. The van der Waals surface area contributed by atoms with Crippen LogP contribution in [0.25, 0.3) is 11.1 Å². The molecule has 0 saturated heterocycles. The Morgan fingerprint density at radius 3 is 2.73 bits per heavy atom. The Bertz CT molecular complexity index is 1110. The second-order valence-electron chi connectivity index (χ2n) is 6.59. The molecule has 0 aliphatic heterocycles. The van der Waals surface area contributed by atoms with Gasteiger partial charge in [-0.2, -0.15) is 0 Å². The number of carbonyl (C=O) groups excluding carboxylic acids is 1. The highest BCUT2D eigenvalue weighted by Crippen LogP contribution is 2.38. The summed E-state index contributed by atoms with van der Waals surface area (Å²) in [6.45, 7) is 3.31. The summed E-state index contributed by atoms with van der Waals surface area (Å²) in [5.74, 6) is -1.02. The molecule has 1 amide bonds. The number of hydrogen-bond donors (Lipinski definition) is 1. The molecule has 12 heteroatoms. The number of hydrogen-bond acceptors (Lipinski definition) is 9. The average Bonchev–Trinajstić information content (AvgIpc) is 3.24. The number of anilines is 1. The number of methoxy groups -OCH3 is 2. The number of rotatable bonds is 11. The Morgan fingerprint density at radius 2 is 1.97 bits per heavy atom. The van der Waals surface area contributed by atoms with Crippen LogP contribution in [-0.2, 0) is 9.47 Å². The van der Waals surface area contributed by atoms with E-state index in [1.165, 1.54) is 25.4 Å². The lowest BCUT2D eigenvalue weighted by Crippen LogP contribution is -2.14. The lowest BCUT2D eigenvalue weighted by molar-refractivity contribution is 0.0543. The maximum atomic E-state index is 14.9. The number of pyridine rings is 1. The van der Waals surface area contributed by atoms with E-state index >= 15 is 0 Å². The summed E-state index contributed by atoms with van der Waals surface area (Å²) in [6, 6.07) is 4.51. The van der Waals surface area contributed by atoms with E-state index in [0.29, 0.717) is 25.5 Å². The van der Waals surface area contributed by atoms with Gasteiger partial charge in [-0.15, -0.1) is 5.10 Å². The van der Waals surface area contributed by atoms with Crippen LogP contribution in [0.15, 0.2) is 24.4 Å². The maximum Gasteiger partial charge on any atom is 0.295 e. The summed E-state index contributed by atoms with van der Waals surface area (Å²) in [7, 11) is 3.00. The lowest BCUT2D eigenvalue weighted by atomic mass is 9.98. The number of carbonyl (C=O) groups is 1. The predicted octanol–water partition coefficient (Wildman–Crippen LogP) is 4.00. The van der Waals surface area contributed by atoms with Crippen LogP contribution in [0.2, 0.25) is 5.02 Å². The van der Waals surface area contributed by atoms with Crippen LogP contribution in [-0.4, -0.2) is 61.7 Å². The first-order valence-electron chi connectivity index (χ1n) is 9.78. The van der Waals surface area contributed by atoms with Crippen molar-refractivity contribution in [2.45, 2.75) is 6.92 Å². The summed E-state index contributed by atoms with van der Waals surface area (Å²) in [5, 5.41) is 10.8. The largest absolute Gasteiger partial charge is 0.496 e. The maximum absolute atomic E-state index is 14.9. The minimum absolute atomic E-state index is 0.0652. The van der Waals surface area contributed by atoms with Gasteiger partial charge in [-0.3, -0.25) is 15.1 Å². The molecule has 0 radical (unpaired) electrons. The molecule has 0 atom stereocenters. The highest BCUT2D eigenvalue weighted by molar-refractivity contribution is 7.17. The Hall–Kier alpha value is -2.86. The molecule has 1 N–H and O–H groups in total. The smallest absolute Gasteiger partial charge is 0.295 e. The molecule has 33 heavy (non-hydrogen) atoms. The van der Waals surface area contributed by atoms with Crippen LogP contribution in [0.4, 0.5) is 9.52 Å². The molecule has 1 aromatic carbocycles. The second-order valence-corrected chi connectivity index (χ2v) is 7.94. The zero-order chi connectivity index (χ0) is 23.8. The van der Waals surface area contributed by atoms with Gasteiger partial charge in [-0.05, 0) is 36.5 Å². The summed E-state index contributed by atoms with van der Waals surface area (Å²) >= 11 is 7.03. The van der Waals surface area contributed by atoms with Gasteiger partial charge in [0.2, 0.25) is 5.13 Å². The molecule has 0 saturated carbocycles. The first kappa shape index (κ1) is 24.8. The molecule has 3 rings (SSSR count). The molecule has 0 unspecified atom stereocenters. The van der Waals surface area contributed by atoms with Gasteiger partial charge in [-0.1, -0.05) is 16.7 Å². The van der Waals surface area contributed by atoms with Crippen LogP contribution >= 0.6 is 22.9 Å². The Labute approximate surface area is 198 Å². The third kappa shape index (κ3) is 6.35. The molecule has 0 spiro atoms. The van der Waals surface area contributed by atoms with Gasteiger partial charge in [0.25, 0.3) is 11.1 Å². The third-order valence-corrected chi connectivity index (χ3v) is 5.39. The number of nitrogens with zero attached hydrogens (tertiary/aromatic N) is 3. The molecule has 0 bridgehead atoms. The number of aromatic nitrogens is 3. The van der Waals surface area contributed by atoms with Crippen molar-refractivity contribution < 1.29 is 28.1 Å². The van der Waals surface area contributed by atoms with Gasteiger partial charge in [0.15, 0.2) is 5.82 Å². The summed E-state index contributed by atoms with van der Waals surface area (Å²) < 4.78 is 35.9. The second kappa shape index (κ2) is 11.8.